The fourth-order valence-electron chi connectivity index (χ4n) is 3.72. The van der Waals surface area contributed by atoms with Crippen molar-refractivity contribution in [3.05, 3.63) is 48.0 Å². The Morgan fingerprint density at radius 2 is 1.97 bits per heavy atom. The summed E-state index contributed by atoms with van der Waals surface area (Å²) >= 11 is 0. The summed E-state index contributed by atoms with van der Waals surface area (Å²) in [4.78, 5) is 7.07. The molecule has 0 spiro atoms. The average molecular weight is 413 g/mol. The zero-order valence-electron chi connectivity index (χ0n) is 18.0. The van der Waals surface area contributed by atoms with E-state index < -0.39 is 0 Å². The highest BCUT2D eigenvalue weighted by atomic mass is 16.5. The maximum absolute atomic E-state index is 9.98. The van der Waals surface area contributed by atoms with Crippen LogP contribution in [-0.4, -0.2) is 51.0 Å². The van der Waals surface area contributed by atoms with E-state index >= 15 is 0 Å². The maximum Gasteiger partial charge on any atom is 0.191 e. The van der Waals surface area contributed by atoms with Crippen molar-refractivity contribution in [3.63, 3.8) is 0 Å². The summed E-state index contributed by atoms with van der Waals surface area (Å²) in [7, 11) is 3.25. The topological polar surface area (TPSA) is 78.4 Å². The molecule has 1 saturated heterocycles. The zero-order valence-corrected chi connectivity index (χ0v) is 18.0. The molecule has 3 N–H and O–H groups in total. The number of ether oxygens (including phenoxy) is 2. The van der Waals surface area contributed by atoms with E-state index in [1.807, 2.05) is 24.3 Å². The minimum Gasteiger partial charge on any atom is -0.504 e. The molecule has 1 heterocycles. The number of aliphatic imine (C=N–C) groups is 1. The van der Waals surface area contributed by atoms with E-state index in [0.717, 1.165) is 55.4 Å². The van der Waals surface area contributed by atoms with Crippen molar-refractivity contribution in [2.75, 3.05) is 38.8 Å². The number of phenols is 1. The molecule has 3 rings (SSSR count). The van der Waals surface area contributed by atoms with Gasteiger partial charge in [-0.2, -0.15) is 0 Å². The molecule has 2 aromatic rings. The second kappa shape index (κ2) is 10.6. The molecule has 1 aliphatic heterocycles. The molecule has 1 fully saturated rings. The standard InChI is InChI=1S/C23H32N4O3/c1-4-24-23(25-15-17-11-12-22(30-3)20(28)14-17)26-18-8-7-13-27(16-18)19-9-5-6-10-21(19)29-2/h5-6,9-12,14,18,28H,4,7-8,13,15-16H2,1-3H3,(H2,24,25,26). The number of methoxy groups -OCH3 is 2. The van der Waals surface area contributed by atoms with Crippen LogP contribution in [0.5, 0.6) is 17.2 Å². The fourth-order valence-corrected chi connectivity index (χ4v) is 3.72. The minimum absolute atomic E-state index is 0.128. The van der Waals surface area contributed by atoms with Gasteiger partial charge < -0.3 is 30.1 Å². The third kappa shape index (κ3) is 5.49. The average Bonchev–Trinajstić information content (AvgIpc) is 2.78. The van der Waals surface area contributed by atoms with E-state index in [1.54, 1.807) is 26.4 Å². The lowest BCUT2D eigenvalue weighted by Gasteiger charge is -2.36. The molecule has 0 saturated carbocycles. The van der Waals surface area contributed by atoms with E-state index in [4.69, 9.17) is 14.5 Å². The number of rotatable bonds is 7. The Kier molecular flexibility index (Phi) is 7.65. The molecule has 0 bridgehead atoms. The fraction of sp³-hybridized carbons (Fsp3) is 0.435. The predicted molar refractivity (Wildman–Crippen MR) is 121 cm³/mol. The first-order valence-corrected chi connectivity index (χ1v) is 10.4. The summed E-state index contributed by atoms with van der Waals surface area (Å²) in [5, 5.41) is 16.9. The van der Waals surface area contributed by atoms with Gasteiger partial charge in [0.05, 0.1) is 26.5 Å². The lowest BCUT2D eigenvalue weighted by atomic mass is 10.0. The van der Waals surface area contributed by atoms with Crippen LogP contribution in [-0.2, 0) is 6.54 Å². The lowest BCUT2D eigenvalue weighted by Crippen LogP contribution is -2.51. The highest BCUT2D eigenvalue weighted by Gasteiger charge is 2.22. The van der Waals surface area contributed by atoms with Crippen LogP contribution in [0, 0.1) is 0 Å². The molecule has 0 amide bonds. The number of piperidine rings is 1. The van der Waals surface area contributed by atoms with Crippen molar-refractivity contribution < 1.29 is 14.6 Å². The second-order valence-electron chi connectivity index (χ2n) is 7.30. The van der Waals surface area contributed by atoms with Crippen molar-refractivity contribution in [1.29, 1.82) is 0 Å². The van der Waals surface area contributed by atoms with Crippen molar-refractivity contribution >= 4 is 11.6 Å². The van der Waals surface area contributed by atoms with Gasteiger partial charge in [-0.25, -0.2) is 4.99 Å². The number of anilines is 1. The molecule has 1 atom stereocenters. The third-order valence-electron chi connectivity index (χ3n) is 5.20. The highest BCUT2D eigenvalue weighted by molar-refractivity contribution is 5.80. The van der Waals surface area contributed by atoms with Gasteiger partial charge in [-0.1, -0.05) is 18.2 Å². The summed E-state index contributed by atoms with van der Waals surface area (Å²) in [6.45, 7) is 5.20. The minimum atomic E-state index is 0.128. The van der Waals surface area contributed by atoms with E-state index in [9.17, 15) is 5.11 Å². The summed E-state index contributed by atoms with van der Waals surface area (Å²) in [5.41, 5.74) is 2.05. The van der Waals surface area contributed by atoms with Gasteiger partial charge in [-0.05, 0) is 49.6 Å². The van der Waals surface area contributed by atoms with Gasteiger partial charge in [0.1, 0.15) is 5.75 Å². The SMILES string of the molecule is CCNC(=NCc1ccc(OC)c(O)c1)NC1CCCN(c2ccccc2OC)C1. The largest absolute Gasteiger partial charge is 0.504 e. The number of guanidine groups is 1. The maximum atomic E-state index is 9.98. The zero-order chi connectivity index (χ0) is 21.3. The molecule has 2 aromatic carbocycles. The second-order valence-corrected chi connectivity index (χ2v) is 7.30. The molecule has 7 nitrogen and oxygen atoms in total. The molecule has 30 heavy (non-hydrogen) atoms. The smallest absolute Gasteiger partial charge is 0.191 e. The Balaban J connectivity index is 1.66. The molecule has 162 valence electrons. The lowest BCUT2D eigenvalue weighted by molar-refractivity contribution is 0.373. The third-order valence-corrected chi connectivity index (χ3v) is 5.20. The monoisotopic (exact) mass is 412 g/mol. The number of para-hydroxylation sites is 2. The highest BCUT2D eigenvalue weighted by Crippen LogP contribution is 2.30. The Morgan fingerprint density at radius 3 is 2.70 bits per heavy atom. The Hall–Kier alpha value is -3.09. The summed E-state index contributed by atoms with van der Waals surface area (Å²) in [6.07, 6.45) is 2.18. The van der Waals surface area contributed by atoms with Crippen LogP contribution < -0.4 is 25.0 Å². The number of phenolic OH excluding ortho intramolecular Hbond substituents is 1. The number of hydrogen-bond acceptors (Lipinski definition) is 5. The number of nitrogens with one attached hydrogen (secondary N) is 2. The Labute approximate surface area is 178 Å². The molecular formula is C23H32N4O3. The van der Waals surface area contributed by atoms with Crippen molar-refractivity contribution in [1.82, 2.24) is 10.6 Å². The molecule has 1 aliphatic rings. The van der Waals surface area contributed by atoms with E-state index in [0.29, 0.717) is 12.3 Å². The first kappa shape index (κ1) is 21.6. The van der Waals surface area contributed by atoms with Gasteiger partial charge >= 0.3 is 0 Å². The molecule has 1 unspecified atom stereocenters. The van der Waals surface area contributed by atoms with Gasteiger partial charge in [-0.15, -0.1) is 0 Å². The van der Waals surface area contributed by atoms with Crippen molar-refractivity contribution in [2.45, 2.75) is 32.4 Å². The number of benzene rings is 2. The molecule has 0 radical (unpaired) electrons. The quantitative estimate of drug-likeness (QED) is 0.479. The Morgan fingerprint density at radius 1 is 1.17 bits per heavy atom. The van der Waals surface area contributed by atoms with E-state index in [2.05, 4.69) is 28.5 Å². The van der Waals surface area contributed by atoms with Crippen LogP contribution in [0.2, 0.25) is 0 Å². The summed E-state index contributed by atoms with van der Waals surface area (Å²) in [6, 6.07) is 13.8. The first-order chi connectivity index (χ1) is 14.6. The Bertz CT molecular complexity index is 856. The predicted octanol–water partition coefficient (Wildman–Crippen LogP) is 3.13. The molecule has 0 aliphatic carbocycles. The molecular weight excluding hydrogens is 380 g/mol. The number of hydrogen-bond donors (Lipinski definition) is 3. The van der Waals surface area contributed by atoms with Crippen molar-refractivity contribution in [2.24, 2.45) is 4.99 Å². The van der Waals surface area contributed by atoms with Crippen molar-refractivity contribution in [3.8, 4) is 17.2 Å². The van der Waals surface area contributed by atoms with Gasteiger partial charge in [0.25, 0.3) is 0 Å². The van der Waals surface area contributed by atoms with Gasteiger partial charge in [-0.3, -0.25) is 0 Å². The van der Waals surface area contributed by atoms with Gasteiger partial charge in [0, 0.05) is 25.7 Å². The summed E-state index contributed by atoms with van der Waals surface area (Å²) in [5.74, 6) is 2.27. The van der Waals surface area contributed by atoms with E-state index in [-0.39, 0.29) is 11.8 Å². The van der Waals surface area contributed by atoms with Crippen LogP contribution in [0.1, 0.15) is 25.3 Å². The van der Waals surface area contributed by atoms with Gasteiger partial charge in [0.15, 0.2) is 17.5 Å². The molecule has 0 aromatic heterocycles. The number of nitrogens with zero attached hydrogens (tertiary/aromatic N) is 2. The van der Waals surface area contributed by atoms with Crippen LogP contribution in [0.15, 0.2) is 47.5 Å². The first-order valence-electron chi connectivity index (χ1n) is 10.4. The summed E-state index contributed by atoms with van der Waals surface area (Å²) < 4.78 is 10.6. The number of aromatic hydroxyl groups is 1. The van der Waals surface area contributed by atoms with Crippen LogP contribution in [0.3, 0.4) is 0 Å². The van der Waals surface area contributed by atoms with Crippen LogP contribution in [0.4, 0.5) is 5.69 Å². The van der Waals surface area contributed by atoms with Crippen LogP contribution >= 0.6 is 0 Å². The van der Waals surface area contributed by atoms with E-state index in [1.165, 1.54) is 0 Å². The van der Waals surface area contributed by atoms with Gasteiger partial charge in [0.2, 0.25) is 0 Å². The molecule has 7 heteroatoms. The normalized spacial score (nSPS) is 16.8. The van der Waals surface area contributed by atoms with Crippen LogP contribution in [0.25, 0.3) is 0 Å².